The van der Waals surface area contributed by atoms with Gasteiger partial charge in [0.25, 0.3) is 0 Å². The highest BCUT2D eigenvalue weighted by Crippen LogP contribution is 2.30. The van der Waals surface area contributed by atoms with Crippen molar-refractivity contribution in [3.05, 3.63) is 48.0 Å². The molecule has 19 heavy (non-hydrogen) atoms. The summed E-state index contributed by atoms with van der Waals surface area (Å²) in [7, 11) is 0. The van der Waals surface area contributed by atoms with Crippen molar-refractivity contribution < 1.29 is 0 Å². The second-order valence-corrected chi connectivity index (χ2v) is 5.96. The quantitative estimate of drug-likeness (QED) is 0.483. The Kier molecular flexibility index (Phi) is 7.63. The van der Waals surface area contributed by atoms with Gasteiger partial charge in [0.15, 0.2) is 0 Å². The van der Waals surface area contributed by atoms with Gasteiger partial charge in [-0.3, -0.25) is 0 Å². The van der Waals surface area contributed by atoms with E-state index in [0.717, 1.165) is 12.6 Å². The van der Waals surface area contributed by atoms with E-state index in [1.807, 2.05) is 0 Å². The first-order chi connectivity index (χ1) is 9.17. The molecule has 0 N–H and O–H groups in total. The average Bonchev–Trinajstić information content (AvgIpc) is 2.41. The van der Waals surface area contributed by atoms with Gasteiger partial charge < -0.3 is 0 Å². The Balaban J connectivity index is 0.000000550. The van der Waals surface area contributed by atoms with Crippen LogP contribution in [-0.4, -0.2) is 6.71 Å². The van der Waals surface area contributed by atoms with Gasteiger partial charge in [-0.25, -0.2) is 0 Å². The molecular formula is C18H29B. The minimum absolute atomic E-state index is 0.798. The Bertz CT molecular complexity index is 347. The molecule has 1 aliphatic rings. The van der Waals surface area contributed by atoms with Crippen molar-refractivity contribution in [1.29, 1.82) is 0 Å². The van der Waals surface area contributed by atoms with Crippen LogP contribution < -0.4 is 0 Å². The summed E-state index contributed by atoms with van der Waals surface area (Å²) in [6.07, 6.45) is 7.99. The Morgan fingerprint density at radius 1 is 1.16 bits per heavy atom. The first-order valence-electron chi connectivity index (χ1n) is 7.86. The zero-order valence-corrected chi connectivity index (χ0v) is 13.0. The molecule has 1 aromatic carbocycles. The molecule has 0 aromatic heterocycles. The van der Waals surface area contributed by atoms with Crippen molar-refractivity contribution in [1.82, 2.24) is 0 Å². The molecule has 0 atom stereocenters. The molecule has 1 fully saturated rings. The van der Waals surface area contributed by atoms with Gasteiger partial charge >= 0.3 is 0 Å². The summed E-state index contributed by atoms with van der Waals surface area (Å²) in [5.41, 5.74) is 2.89. The summed E-state index contributed by atoms with van der Waals surface area (Å²) in [6.45, 7) is 11.4. The highest BCUT2D eigenvalue weighted by Gasteiger charge is 2.23. The predicted octanol–water partition coefficient (Wildman–Crippen LogP) is 5.67. The standard InChI is InChI=1S/C15H21B.C3H8/c1-13(2)15-8-10-16(11-9-15)12-14-6-4-3-5-7-14;1-3-2/h3-7,15H,1,8-12H2,2H3;3H2,1-2H3. The van der Waals surface area contributed by atoms with Crippen molar-refractivity contribution in [3.63, 3.8) is 0 Å². The first-order valence-corrected chi connectivity index (χ1v) is 7.86. The Labute approximate surface area is 120 Å². The van der Waals surface area contributed by atoms with E-state index in [9.17, 15) is 0 Å². The molecule has 0 radical (unpaired) electrons. The van der Waals surface area contributed by atoms with Crippen LogP contribution in [0.1, 0.15) is 45.6 Å². The summed E-state index contributed by atoms with van der Waals surface area (Å²) in [5.74, 6) is 0.798. The molecule has 0 bridgehead atoms. The zero-order valence-electron chi connectivity index (χ0n) is 13.0. The summed E-state index contributed by atoms with van der Waals surface area (Å²) in [6, 6.07) is 10.9. The van der Waals surface area contributed by atoms with Crippen molar-refractivity contribution >= 4 is 6.71 Å². The largest absolute Gasteiger partial charge is 0.144 e. The van der Waals surface area contributed by atoms with Crippen LogP contribution in [0.3, 0.4) is 0 Å². The number of hydrogen-bond acceptors (Lipinski definition) is 0. The van der Waals surface area contributed by atoms with Crippen LogP contribution in [0, 0.1) is 5.92 Å². The van der Waals surface area contributed by atoms with Gasteiger partial charge in [-0.05, 0) is 19.2 Å². The van der Waals surface area contributed by atoms with Crippen molar-refractivity contribution in [2.24, 2.45) is 5.92 Å². The van der Waals surface area contributed by atoms with Gasteiger partial charge in [-0.1, -0.05) is 93.8 Å². The Morgan fingerprint density at radius 3 is 2.16 bits per heavy atom. The summed E-state index contributed by atoms with van der Waals surface area (Å²) in [5, 5.41) is 0. The lowest BCUT2D eigenvalue weighted by Crippen LogP contribution is -2.24. The minimum atomic E-state index is 0.798. The highest BCUT2D eigenvalue weighted by molar-refractivity contribution is 6.58. The molecule has 1 aliphatic heterocycles. The van der Waals surface area contributed by atoms with E-state index in [2.05, 4.69) is 57.7 Å². The van der Waals surface area contributed by atoms with Gasteiger partial charge in [0.2, 0.25) is 0 Å². The van der Waals surface area contributed by atoms with E-state index in [1.165, 1.54) is 49.4 Å². The lowest BCUT2D eigenvalue weighted by molar-refractivity contribution is 0.544. The van der Waals surface area contributed by atoms with Gasteiger partial charge in [-0.15, -0.1) is 0 Å². The van der Waals surface area contributed by atoms with Crippen LogP contribution in [0.4, 0.5) is 0 Å². The molecule has 0 aliphatic carbocycles. The van der Waals surface area contributed by atoms with Crippen molar-refractivity contribution in [3.8, 4) is 0 Å². The van der Waals surface area contributed by atoms with Crippen LogP contribution >= 0.6 is 0 Å². The zero-order chi connectivity index (χ0) is 14.1. The molecule has 0 nitrogen and oxygen atoms in total. The van der Waals surface area contributed by atoms with E-state index in [-0.39, 0.29) is 0 Å². The van der Waals surface area contributed by atoms with E-state index in [0.29, 0.717) is 0 Å². The van der Waals surface area contributed by atoms with Crippen molar-refractivity contribution in [2.45, 2.75) is 59.0 Å². The van der Waals surface area contributed by atoms with Crippen LogP contribution in [0.2, 0.25) is 12.6 Å². The second kappa shape index (κ2) is 9.01. The fourth-order valence-corrected chi connectivity index (χ4v) is 2.81. The second-order valence-electron chi connectivity index (χ2n) is 5.96. The van der Waals surface area contributed by atoms with Crippen LogP contribution in [0.15, 0.2) is 42.5 Å². The normalized spacial score (nSPS) is 15.6. The molecule has 0 amide bonds. The molecule has 1 saturated heterocycles. The molecular weight excluding hydrogens is 227 g/mol. The maximum absolute atomic E-state index is 4.09. The first kappa shape index (κ1) is 16.1. The lowest BCUT2D eigenvalue weighted by atomic mass is 9.37. The minimum Gasteiger partial charge on any atom is -0.0999 e. The Morgan fingerprint density at radius 2 is 1.68 bits per heavy atom. The Hall–Kier alpha value is -0.975. The number of allylic oxidation sites excluding steroid dienone is 1. The SMILES string of the molecule is C=C(C)C1CCB(Cc2ccccc2)CC1.CCC. The van der Waals surface area contributed by atoms with Crippen LogP contribution in [0.25, 0.3) is 0 Å². The van der Waals surface area contributed by atoms with Gasteiger partial charge in [0.1, 0.15) is 6.71 Å². The predicted molar refractivity (Wildman–Crippen MR) is 89.0 cm³/mol. The molecule has 2 rings (SSSR count). The number of benzene rings is 1. The fourth-order valence-electron chi connectivity index (χ4n) is 2.81. The van der Waals surface area contributed by atoms with E-state index >= 15 is 0 Å². The van der Waals surface area contributed by atoms with Gasteiger partial charge in [0, 0.05) is 0 Å². The number of hydrogen-bond donors (Lipinski definition) is 0. The van der Waals surface area contributed by atoms with E-state index in [4.69, 9.17) is 0 Å². The topological polar surface area (TPSA) is 0 Å². The van der Waals surface area contributed by atoms with E-state index < -0.39 is 0 Å². The third kappa shape index (κ3) is 6.14. The van der Waals surface area contributed by atoms with E-state index in [1.54, 1.807) is 0 Å². The molecule has 1 heteroatoms. The van der Waals surface area contributed by atoms with Crippen molar-refractivity contribution in [2.75, 3.05) is 0 Å². The lowest BCUT2D eigenvalue weighted by Gasteiger charge is -2.26. The smallest absolute Gasteiger partial charge is 0.0999 e. The summed E-state index contributed by atoms with van der Waals surface area (Å²) < 4.78 is 0. The maximum atomic E-state index is 4.09. The molecule has 1 aromatic rings. The monoisotopic (exact) mass is 256 g/mol. The van der Waals surface area contributed by atoms with Crippen LogP contribution in [0.5, 0.6) is 0 Å². The average molecular weight is 256 g/mol. The molecule has 0 unspecified atom stereocenters. The molecule has 0 saturated carbocycles. The molecule has 1 heterocycles. The third-order valence-electron chi connectivity index (χ3n) is 3.91. The summed E-state index contributed by atoms with van der Waals surface area (Å²) in [4.78, 5) is 0. The maximum Gasteiger partial charge on any atom is 0.144 e. The third-order valence-corrected chi connectivity index (χ3v) is 3.91. The molecule has 0 spiro atoms. The summed E-state index contributed by atoms with van der Waals surface area (Å²) >= 11 is 0. The molecule has 104 valence electrons. The van der Waals surface area contributed by atoms with Gasteiger partial charge in [-0.2, -0.15) is 0 Å². The fraction of sp³-hybridized carbons (Fsp3) is 0.556. The van der Waals surface area contributed by atoms with Gasteiger partial charge in [0.05, 0.1) is 0 Å². The van der Waals surface area contributed by atoms with Crippen LogP contribution in [-0.2, 0) is 6.32 Å². The highest BCUT2D eigenvalue weighted by atomic mass is 14.1. The number of rotatable bonds is 3.